The van der Waals surface area contributed by atoms with Crippen molar-refractivity contribution in [2.45, 2.75) is 6.92 Å². The minimum Gasteiger partial charge on any atom is -0.464 e. The molecule has 0 unspecified atom stereocenters. The van der Waals surface area contributed by atoms with Crippen molar-refractivity contribution in [3.05, 3.63) is 23.3 Å². The number of nitrogens with zero attached hydrogens (tertiary/aromatic N) is 2. The summed E-state index contributed by atoms with van der Waals surface area (Å²) < 4.78 is 4.49. The number of hydrogen-bond donors (Lipinski definition) is 0. The SMILES string of the molecule is C#Cc1cc(C(=O)OC)nc(C)n1. The predicted octanol–water partition coefficient (Wildman–Crippen LogP) is 0.553. The first-order valence-corrected chi connectivity index (χ1v) is 3.58. The van der Waals surface area contributed by atoms with Gasteiger partial charge in [-0.3, -0.25) is 0 Å². The molecule has 66 valence electrons. The van der Waals surface area contributed by atoms with Gasteiger partial charge in [0.25, 0.3) is 0 Å². The van der Waals surface area contributed by atoms with Crippen LogP contribution in [0.1, 0.15) is 22.0 Å². The molecular formula is C9H8N2O2. The summed E-state index contributed by atoms with van der Waals surface area (Å²) in [6, 6.07) is 1.42. The Kier molecular flexibility index (Phi) is 2.60. The third-order valence-corrected chi connectivity index (χ3v) is 1.38. The van der Waals surface area contributed by atoms with Crippen molar-refractivity contribution < 1.29 is 9.53 Å². The monoisotopic (exact) mass is 176 g/mol. The molecule has 0 bridgehead atoms. The van der Waals surface area contributed by atoms with Crippen LogP contribution in [0.25, 0.3) is 0 Å². The number of carbonyl (C=O) groups is 1. The van der Waals surface area contributed by atoms with Gasteiger partial charge in [0.1, 0.15) is 11.5 Å². The Balaban J connectivity index is 3.17. The summed E-state index contributed by atoms with van der Waals surface area (Å²) in [5, 5.41) is 0. The van der Waals surface area contributed by atoms with E-state index in [0.717, 1.165) is 0 Å². The molecule has 0 aliphatic carbocycles. The van der Waals surface area contributed by atoms with Crippen molar-refractivity contribution in [3.63, 3.8) is 0 Å². The zero-order chi connectivity index (χ0) is 9.84. The summed E-state index contributed by atoms with van der Waals surface area (Å²) in [6.45, 7) is 1.66. The molecule has 4 heteroatoms. The van der Waals surface area contributed by atoms with Crippen LogP contribution in [0.4, 0.5) is 0 Å². The Morgan fingerprint density at radius 2 is 2.31 bits per heavy atom. The quantitative estimate of drug-likeness (QED) is 0.463. The van der Waals surface area contributed by atoms with Crippen molar-refractivity contribution in [1.82, 2.24) is 9.97 Å². The third-order valence-electron chi connectivity index (χ3n) is 1.38. The van der Waals surface area contributed by atoms with Gasteiger partial charge in [0.05, 0.1) is 7.11 Å². The molecule has 0 spiro atoms. The lowest BCUT2D eigenvalue weighted by Crippen LogP contribution is -2.07. The van der Waals surface area contributed by atoms with E-state index >= 15 is 0 Å². The minimum atomic E-state index is -0.512. The molecular weight excluding hydrogens is 168 g/mol. The number of methoxy groups -OCH3 is 1. The second kappa shape index (κ2) is 3.68. The van der Waals surface area contributed by atoms with Gasteiger partial charge in [0, 0.05) is 6.07 Å². The third kappa shape index (κ3) is 2.03. The molecule has 4 nitrogen and oxygen atoms in total. The van der Waals surface area contributed by atoms with Crippen molar-refractivity contribution in [1.29, 1.82) is 0 Å². The first-order valence-electron chi connectivity index (χ1n) is 3.58. The molecule has 13 heavy (non-hydrogen) atoms. The van der Waals surface area contributed by atoms with E-state index in [9.17, 15) is 4.79 Å². The van der Waals surface area contributed by atoms with E-state index in [1.165, 1.54) is 13.2 Å². The summed E-state index contributed by atoms with van der Waals surface area (Å²) in [7, 11) is 1.29. The van der Waals surface area contributed by atoms with E-state index in [4.69, 9.17) is 6.42 Å². The largest absolute Gasteiger partial charge is 0.464 e. The standard InChI is InChI=1S/C9H8N2O2/c1-4-7-5-8(9(12)13-3)11-6(2)10-7/h1,5H,2-3H3. The predicted molar refractivity (Wildman–Crippen MR) is 46.0 cm³/mol. The molecule has 1 rings (SSSR count). The Morgan fingerprint density at radius 3 is 2.85 bits per heavy atom. The van der Waals surface area contributed by atoms with E-state index in [1.54, 1.807) is 6.92 Å². The molecule has 0 aromatic carbocycles. The van der Waals surface area contributed by atoms with Gasteiger partial charge in [-0.15, -0.1) is 6.42 Å². The maximum atomic E-state index is 11.1. The van der Waals surface area contributed by atoms with Gasteiger partial charge in [-0.25, -0.2) is 14.8 Å². The van der Waals surface area contributed by atoms with Crippen LogP contribution in [0.3, 0.4) is 0 Å². The lowest BCUT2D eigenvalue weighted by atomic mass is 10.3. The van der Waals surface area contributed by atoms with Gasteiger partial charge in [-0.2, -0.15) is 0 Å². The van der Waals surface area contributed by atoms with Crippen LogP contribution in [0.2, 0.25) is 0 Å². The van der Waals surface area contributed by atoms with Crippen LogP contribution in [0, 0.1) is 19.3 Å². The number of aromatic nitrogens is 2. The van der Waals surface area contributed by atoms with Crippen LogP contribution < -0.4 is 0 Å². The molecule has 0 N–H and O–H groups in total. The normalized spacial score (nSPS) is 9.00. The molecule has 0 radical (unpaired) electrons. The summed E-state index contributed by atoms with van der Waals surface area (Å²) >= 11 is 0. The van der Waals surface area contributed by atoms with Crippen molar-refractivity contribution in [2.24, 2.45) is 0 Å². The average molecular weight is 176 g/mol. The highest BCUT2D eigenvalue weighted by Crippen LogP contribution is 2.01. The lowest BCUT2D eigenvalue weighted by Gasteiger charge is -1.99. The first kappa shape index (κ1) is 9.20. The van der Waals surface area contributed by atoms with Crippen LogP contribution in [0.5, 0.6) is 0 Å². The van der Waals surface area contributed by atoms with E-state index in [-0.39, 0.29) is 5.69 Å². The molecule has 0 aliphatic rings. The Bertz CT molecular complexity index is 380. The van der Waals surface area contributed by atoms with Gasteiger partial charge >= 0.3 is 5.97 Å². The Labute approximate surface area is 76.0 Å². The van der Waals surface area contributed by atoms with Gasteiger partial charge < -0.3 is 4.74 Å². The minimum absolute atomic E-state index is 0.183. The number of terminal acetylenes is 1. The van der Waals surface area contributed by atoms with Crippen LogP contribution in [0.15, 0.2) is 6.07 Å². The molecule has 0 saturated carbocycles. The van der Waals surface area contributed by atoms with Crippen LogP contribution in [-0.2, 0) is 4.74 Å². The maximum Gasteiger partial charge on any atom is 0.356 e. The van der Waals surface area contributed by atoms with Crippen molar-refractivity contribution >= 4 is 5.97 Å². The molecule has 1 aromatic heterocycles. The van der Waals surface area contributed by atoms with Crippen molar-refractivity contribution in [2.75, 3.05) is 7.11 Å². The fourth-order valence-corrected chi connectivity index (χ4v) is 0.851. The lowest BCUT2D eigenvalue weighted by molar-refractivity contribution is 0.0593. The smallest absolute Gasteiger partial charge is 0.356 e. The first-order chi connectivity index (χ1) is 6.17. The van der Waals surface area contributed by atoms with E-state index in [2.05, 4.69) is 20.6 Å². The highest BCUT2D eigenvalue weighted by molar-refractivity contribution is 5.87. The number of hydrogen-bond acceptors (Lipinski definition) is 4. The topological polar surface area (TPSA) is 52.1 Å². The molecule has 0 saturated heterocycles. The highest BCUT2D eigenvalue weighted by Gasteiger charge is 2.08. The van der Waals surface area contributed by atoms with Gasteiger partial charge in [0.15, 0.2) is 5.69 Å². The molecule has 0 atom stereocenters. The zero-order valence-corrected chi connectivity index (χ0v) is 7.37. The molecule has 0 aliphatic heterocycles. The molecule has 1 heterocycles. The van der Waals surface area contributed by atoms with Crippen LogP contribution >= 0.6 is 0 Å². The zero-order valence-electron chi connectivity index (χ0n) is 7.37. The molecule has 1 aromatic rings. The number of rotatable bonds is 1. The summed E-state index contributed by atoms with van der Waals surface area (Å²) in [5.74, 6) is 2.27. The summed E-state index contributed by atoms with van der Waals surface area (Å²) in [6.07, 6.45) is 5.14. The van der Waals surface area contributed by atoms with E-state index < -0.39 is 5.97 Å². The molecule has 0 amide bonds. The molecule has 0 fully saturated rings. The Hall–Kier alpha value is -1.89. The van der Waals surface area contributed by atoms with Gasteiger partial charge in [0.2, 0.25) is 0 Å². The summed E-state index contributed by atoms with van der Waals surface area (Å²) in [5.41, 5.74) is 0.566. The van der Waals surface area contributed by atoms with E-state index in [1.807, 2.05) is 0 Å². The Morgan fingerprint density at radius 1 is 1.62 bits per heavy atom. The maximum absolute atomic E-state index is 11.1. The van der Waals surface area contributed by atoms with Gasteiger partial charge in [-0.1, -0.05) is 5.92 Å². The van der Waals surface area contributed by atoms with Crippen LogP contribution in [-0.4, -0.2) is 23.0 Å². The number of carbonyl (C=O) groups excluding carboxylic acids is 1. The number of esters is 1. The second-order valence-electron chi connectivity index (χ2n) is 2.32. The van der Waals surface area contributed by atoms with Crippen molar-refractivity contribution in [3.8, 4) is 12.3 Å². The highest BCUT2D eigenvalue weighted by atomic mass is 16.5. The summed E-state index contributed by atoms with van der Waals surface area (Å²) in [4.78, 5) is 18.8. The average Bonchev–Trinajstić information content (AvgIpc) is 2.15. The fraction of sp³-hybridized carbons (Fsp3) is 0.222. The van der Waals surface area contributed by atoms with E-state index in [0.29, 0.717) is 11.5 Å². The number of ether oxygens (including phenoxy) is 1. The second-order valence-corrected chi connectivity index (χ2v) is 2.32. The fourth-order valence-electron chi connectivity index (χ4n) is 0.851. The van der Waals surface area contributed by atoms with Gasteiger partial charge in [-0.05, 0) is 6.92 Å². The number of aryl methyl sites for hydroxylation is 1.